The maximum Gasteiger partial charge on any atom is 3.00 e. The fourth-order valence-electron chi connectivity index (χ4n) is 1.29. The number of nitrogens with zero attached hydrogens (tertiary/aromatic N) is 6. The molecule has 40 heteroatoms. The van der Waals surface area contributed by atoms with E-state index in [1.807, 2.05) is 0 Å². The molecule has 58 heavy (non-hydrogen) atoms. The van der Waals surface area contributed by atoms with Gasteiger partial charge in [-0.3, -0.25) is 0 Å². The Hall–Kier alpha value is -4.44. The van der Waals surface area contributed by atoms with Crippen molar-refractivity contribution in [3.63, 3.8) is 0 Å². The number of H-pyrrole nitrogens is 6. The molecule has 0 unspecified atom stereocenters. The molecule has 6 aromatic heterocycles. The third kappa shape index (κ3) is 202. The van der Waals surface area contributed by atoms with Crippen LogP contribution in [-0.2, 0) is 16.8 Å². The van der Waals surface area contributed by atoms with Gasteiger partial charge in [0.15, 0.2) is 0 Å². The summed E-state index contributed by atoms with van der Waals surface area (Å²) in [4.78, 5) is 38.5. The molecule has 0 aliphatic rings. The summed E-state index contributed by atoms with van der Waals surface area (Å²) in [6.45, 7) is 0. The summed E-state index contributed by atoms with van der Waals surface area (Å²) in [5, 5.41) is 0. The average molecular weight is 1010 g/mol. The van der Waals surface area contributed by atoms with Gasteiger partial charge >= 0.3 is 116 Å². The molecule has 0 aliphatic heterocycles. The number of imidazole rings is 6. The van der Waals surface area contributed by atoms with Gasteiger partial charge in [-0.1, -0.05) is 0 Å². The quantitative estimate of drug-likeness (QED) is 0.0655. The number of halogens is 18. The monoisotopic (exact) mass is 1010 g/mol. The second kappa shape index (κ2) is 28.1. The molecule has 6 aromatic rings. The molecule has 6 heterocycles. The Morgan fingerprint density at radius 2 is 0.328 bits per heavy atom. The molecule has 0 aromatic carbocycles. The first-order valence-electron chi connectivity index (χ1n) is 11.6. The Balaban J connectivity index is -0.0000000551. The summed E-state index contributed by atoms with van der Waals surface area (Å²) in [5.74, 6) is 0. The molecular formula is C18H36CoF18N12O6P3. The van der Waals surface area contributed by atoms with E-state index in [4.69, 9.17) is 0 Å². The third-order valence-electron chi connectivity index (χ3n) is 2.44. The second-order valence-corrected chi connectivity index (χ2v) is 13.2. The van der Waals surface area contributed by atoms with Crippen LogP contribution in [0.1, 0.15) is 0 Å². The zero-order chi connectivity index (χ0) is 40.4. The van der Waals surface area contributed by atoms with E-state index in [-0.39, 0.29) is 49.6 Å². The van der Waals surface area contributed by atoms with Crippen molar-refractivity contribution in [2.45, 2.75) is 0 Å². The van der Waals surface area contributed by atoms with Crippen LogP contribution >= 0.6 is 23.4 Å². The normalized spacial score (nSPS) is 12.5. The average Bonchev–Trinajstić information content (AvgIpc) is 3.82. The Morgan fingerprint density at radius 3 is 0.345 bits per heavy atom. The van der Waals surface area contributed by atoms with Gasteiger partial charge in [-0.15, -0.1) is 0 Å². The zero-order valence-corrected chi connectivity index (χ0v) is 31.3. The molecule has 0 atom stereocenters. The predicted molar refractivity (Wildman–Crippen MR) is 174 cm³/mol. The van der Waals surface area contributed by atoms with Crippen molar-refractivity contribution in [3.05, 3.63) is 112 Å². The Kier molecular flexibility index (Phi) is 37.7. The van der Waals surface area contributed by atoms with E-state index in [0.717, 1.165) is 0 Å². The topological polar surface area (TPSA) is 361 Å². The summed E-state index contributed by atoms with van der Waals surface area (Å²) in [6.07, 6.45) is 30.5. The minimum Gasteiger partial charge on any atom is -0.412 e. The van der Waals surface area contributed by atoms with E-state index in [9.17, 15) is 75.5 Å². The van der Waals surface area contributed by atoms with Gasteiger partial charge in [0.1, 0.15) is 0 Å². The maximum absolute atomic E-state index is 10.7. The standard InChI is InChI=1S/6C3H4N2.Co.3F6P.6H2O/c6*1-2-5-3-4-1;;3*1-7(2,3,4,5)6;;;;;;/h6*1-3H,(H,4,5);;;;;6*1H2/q;;;;;;+3;3*-1;;;;;;. The van der Waals surface area contributed by atoms with Crippen molar-refractivity contribution < 1.29 is 125 Å². The van der Waals surface area contributed by atoms with Crippen LogP contribution in [0.25, 0.3) is 0 Å². The second-order valence-electron chi connectivity index (χ2n) is 7.44. The van der Waals surface area contributed by atoms with Gasteiger partial charge in [-0.2, -0.15) is 0 Å². The number of aromatic amines is 6. The van der Waals surface area contributed by atoms with Crippen molar-refractivity contribution in [2.24, 2.45) is 0 Å². The summed E-state index contributed by atoms with van der Waals surface area (Å²) >= 11 is 0. The van der Waals surface area contributed by atoms with Crippen molar-refractivity contribution in [1.82, 2.24) is 59.8 Å². The minimum absolute atomic E-state index is 0. The van der Waals surface area contributed by atoms with Gasteiger partial charge in [0.05, 0.1) is 38.0 Å². The predicted octanol–water partition coefficient (Wildman–Crippen LogP) is 7.65. The van der Waals surface area contributed by atoms with Crippen LogP contribution in [0.3, 0.4) is 0 Å². The summed E-state index contributed by atoms with van der Waals surface area (Å²) in [5.41, 5.74) is 0. The fraction of sp³-hybridized carbons (Fsp3) is 0. The number of hydrogen-bond acceptors (Lipinski definition) is 6. The van der Waals surface area contributed by atoms with E-state index in [1.165, 1.54) is 0 Å². The first-order chi connectivity index (χ1) is 22.3. The Morgan fingerprint density at radius 1 is 0.241 bits per heavy atom. The van der Waals surface area contributed by atoms with Crippen LogP contribution in [0.5, 0.6) is 0 Å². The molecule has 354 valence electrons. The van der Waals surface area contributed by atoms with Gasteiger partial charge < -0.3 is 62.8 Å². The molecule has 0 fully saturated rings. The Bertz CT molecular complexity index is 1150. The number of aromatic nitrogens is 12. The molecule has 0 spiro atoms. The molecule has 18 nitrogen and oxygen atoms in total. The van der Waals surface area contributed by atoms with E-state index in [2.05, 4.69) is 59.8 Å². The zero-order valence-electron chi connectivity index (χ0n) is 27.6. The maximum atomic E-state index is 9.87. The smallest absolute Gasteiger partial charge is 0.412 e. The van der Waals surface area contributed by atoms with E-state index in [0.29, 0.717) is 0 Å². The van der Waals surface area contributed by atoms with E-state index in [1.54, 1.807) is 112 Å². The van der Waals surface area contributed by atoms with Crippen LogP contribution in [0.15, 0.2) is 112 Å². The van der Waals surface area contributed by atoms with Crippen LogP contribution < -0.4 is 0 Å². The minimum atomic E-state index is -10.7. The van der Waals surface area contributed by atoms with Gasteiger partial charge in [-0.05, 0) is 0 Å². The van der Waals surface area contributed by atoms with Crippen LogP contribution in [0.4, 0.5) is 75.5 Å². The Labute approximate surface area is 320 Å². The summed E-state index contributed by atoms with van der Waals surface area (Å²) in [6, 6.07) is 0. The van der Waals surface area contributed by atoms with E-state index >= 15 is 0 Å². The van der Waals surface area contributed by atoms with Gasteiger partial charge in [0.2, 0.25) is 0 Å². The third-order valence-corrected chi connectivity index (χ3v) is 2.44. The molecule has 0 saturated carbocycles. The van der Waals surface area contributed by atoms with Crippen LogP contribution in [0.2, 0.25) is 0 Å². The number of rotatable bonds is 0. The first kappa shape index (κ1) is 78.0. The fourth-order valence-corrected chi connectivity index (χ4v) is 1.29. The van der Waals surface area contributed by atoms with Gasteiger partial charge in [0.25, 0.3) is 0 Å². The molecule has 18 N–H and O–H groups in total. The largest absolute Gasteiger partial charge is 3.00 e. The van der Waals surface area contributed by atoms with E-state index < -0.39 is 23.4 Å². The molecule has 0 saturated heterocycles. The van der Waals surface area contributed by atoms with Gasteiger partial charge in [-0.25, -0.2) is 29.9 Å². The van der Waals surface area contributed by atoms with Crippen molar-refractivity contribution in [2.75, 3.05) is 0 Å². The number of nitrogens with one attached hydrogen (secondary N) is 6. The van der Waals surface area contributed by atoms with Crippen molar-refractivity contribution >= 4 is 23.4 Å². The molecule has 0 bridgehead atoms. The summed E-state index contributed by atoms with van der Waals surface area (Å²) in [7, 11) is -32.0. The van der Waals surface area contributed by atoms with Gasteiger partial charge in [0, 0.05) is 74.4 Å². The molecule has 0 amide bonds. The summed E-state index contributed by atoms with van der Waals surface area (Å²) < 4.78 is 178. The molecule has 6 rings (SSSR count). The number of hydrogen-bond donors (Lipinski definition) is 6. The SMILES string of the molecule is F[P-](F)(F)(F)(F)F.F[P-](F)(F)(F)(F)F.F[P-](F)(F)(F)(F)F.O.O.O.O.O.O.[Co+3].c1c[nH]cn1.c1c[nH]cn1.c1c[nH]cn1.c1c[nH]cn1.c1c[nH]cn1.c1c[nH]cn1. The van der Waals surface area contributed by atoms with Crippen LogP contribution in [-0.4, -0.2) is 92.7 Å². The van der Waals surface area contributed by atoms with Crippen molar-refractivity contribution in [1.29, 1.82) is 0 Å². The molecule has 0 aliphatic carbocycles. The van der Waals surface area contributed by atoms with Crippen molar-refractivity contribution in [3.8, 4) is 0 Å². The van der Waals surface area contributed by atoms with Crippen LogP contribution in [0, 0.1) is 0 Å². The molecular weight excluding hydrogens is 974 g/mol. The molecule has 0 radical (unpaired) electrons. The first-order valence-corrected chi connectivity index (χ1v) is 17.7.